The molecule has 1 heterocycles. The summed E-state index contributed by atoms with van der Waals surface area (Å²) in [6.45, 7) is 0. The lowest BCUT2D eigenvalue weighted by atomic mass is 10.2. The van der Waals surface area contributed by atoms with Crippen molar-refractivity contribution in [3.05, 3.63) is 36.5 Å². The smallest absolute Gasteiger partial charge is 0.0702 e. The Bertz CT molecular complexity index is 470. The van der Waals surface area contributed by atoms with Crippen molar-refractivity contribution >= 4 is 22.0 Å². The molecule has 0 aliphatic carbocycles. The average molecular weight is 192 g/mol. The van der Waals surface area contributed by atoms with Crippen LogP contribution in [-0.4, -0.2) is 13.7 Å². The summed E-state index contributed by atoms with van der Waals surface area (Å²) >= 11 is -2.16. The fraction of sp³-hybridized carbons (Fsp3) is 0. The van der Waals surface area contributed by atoms with Gasteiger partial charge in [-0.2, -0.15) is 0 Å². The number of hydrogen-bond acceptors (Lipinski definition) is 3. The van der Waals surface area contributed by atoms with Gasteiger partial charge in [-0.15, -0.1) is 0 Å². The maximum absolute atomic E-state index is 10.6. The van der Waals surface area contributed by atoms with E-state index in [1.807, 2.05) is 6.07 Å². The van der Waals surface area contributed by atoms with E-state index in [2.05, 4.69) is 4.98 Å². The highest BCUT2D eigenvalue weighted by atomic mass is 32.2. The maximum atomic E-state index is 10.6. The molecule has 0 aliphatic rings. The molecule has 13 heavy (non-hydrogen) atoms. The van der Waals surface area contributed by atoms with Gasteiger partial charge in [-0.25, -0.2) is 0 Å². The first-order valence-corrected chi connectivity index (χ1v) is 4.79. The first kappa shape index (κ1) is 8.34. The van der Waals surface area contributed by atoms with Crippen LogP contribution in [0.3, 0.4) is 0 Å². The molecule has 1 atom stereocenters. The molecular formula is C9H6NO2S-. The van der Waals surface area contributed by atoms with E-state index < -0.39 is 11.1 Å². The van der Waals surface area contributed by atoms with Crippen molar-refractivity contribution < 1.29 is 8.76 Å². The van der Waals surface area contributed by atoms with E-state index in [4.69, 9.17) is 0 Å². The van der Waals surface area contributed by atoms with Crippen LogP contribution in [0, 0.1) is 0 Å². The third-order valence-corrected chi connectivity index (χ3v) is 2.41. The van der Waals surface area contributed by atoms with Crippen molar-refractivity contribution in [3.8, 4) is 0 Å². The van der Waals surface area contributed by atoms with Crippen LogP contribution in [0.25, 0.3) is 10.9 Å². The van der Waals surface area contributed by atoms with Crippen LogP contribution in [0.5, 0.6) is 0 Å². The lowest BCUT2D eigenvalue weighted by Gasteiger charge is -2.05. The monoisotopic (exact) mass is 192 g/mol. The van der Waals surface area contributed by atoms with Crippen LogP contribution in [0.4, 0.5) is 0 Å². The Morgan fingerprint density at radius 1 is 1.31 bits per heavy atom. The van der Waals surface area contributed by atoms with Crippen LogP contribution in [0.1, 0.15) is 0 Å². The second-order valence-corrected chi connectivity index (χ2v) is 3.53. The Kier molecular flexibility index (Phi) is 2.08. The summed E-state index contributed by atoms with van der Waals surface area (Å²) in [5, 5.41) is 0.837. The van der Waals surface area contributed by atoms with Gasteiger partial charge in [-0.1, -0.05) is 6.07 Å². The van der Waals surface area contributed by atoms with Crippen LogP contribution in [-0.2, 0) is 11.1 Å². The van der Waals surface area contributed by atoms with Crippen LogP contribution in [0.15, 0.2) is 41.4 Å². The molecule has 2 aromatic rings. The van der Waals surface area contributed by atoms with Gasteiger partial charge in [0.25, 0.3) is 0 Å². The first-order chi connectivity index (χ1) is 6.27. The predicted octanol–water partition coefficient (Wildman–Crippen LogP) is 1.47. The zero-order valence-corrected chi connectivity index (χ0v) is 7.45. The second-order valence-electron chi connectivity index (χ2n) is 2.59. The zero-order valence-electron chi connectivity index (χ0n) is 6.64. The van der Waals surface area contributed by atoms with E-state index in [0.717, 1.165) is 10.9 Å². The van der Waals surface area contributed by atoms with Gasteiger partial charge in [0, 0.05) is 16.5 Å². The molecule has 1 aromatic carbocycles. The molecule has 0 saturated heterocycles. The van der Waals surface area contributed by atoms with Gasteiger partial charge >= 0.3 is 0 Å². The Balaban J connectivity index is 2.69. The quantitative estimate of drug-likeness (QED) is 0.643. The summed E-state index contributed by atoms with van der Waals surface area (Å²) < 4.78 is 21.2. The van der Waals surface area contributed by atoms with E-state index in [0.29, 0.717) is 4.90 Å². The first-order valence-electron chi connectivity index (χ1n) is 3.71. The normalized spacial score (nSPS) is 13.0. The molecule has 0 saturated carbocycles. The Labute approximate surface area is 77.7 Å². The number of nitrogens with zero attached hydrogens (tertiary/aromatic N) is 1. The third-order valence-electron chi connectivity index (χ3n) is 1.77. The molecule has 3 nitrogen and oxygen atoms in total. The highest BCUT2D eigenvalue weighted by molar-refractivity contribution is 7.79. The standard InChI is InChI=1S/C9H7NO2S/c11-13(12)8-3-4-9-7(6-8)2-1-5-10-9/h1-6H,(H,11,12)/p-1. The van der Waals surface area contributed by atoms with Crippen LogP contribution in [0.2, 0.25) is 0 Å². The van der Waals surface area contributed by atoms with Crippen molar-refractivity contribution in [2.75, 3.05) is 0 Å². The van der Waals surface area contributed by atoms with E-state index in [1.165, 1.54) is 0 Å². The molecule has 2 rings (SSSR count). The fourth-order valence-electron chi connectivity index (χ4n) is 1.16. The molecule has 0 fully saturated rings. The molecule has 1 unspecified atom stereocenters. The molecule has 0 aliphatic heterocycles. The largest absolute Gasteiger partial charge is 0.768 e. The fourth-order valence-corrected chi connectivity index (χ4v) is 1.56. The van der Waals surface area contributed by atoms with E-state index >= 15 is 0 Å². The topological polar surface area (TPSA) is 53.0 Å². The second kappa shape index (κ2) is 3.24. The maximum Gasteiger partial charge on any atom is 0.0702 e. The minimum absolute atomic E-state index is 0.292. The summed E-state index contributed by atoms with van der Waals surface area (Å²) in [6, 6.07) is 8.45. The summed E-state index contributed by atoms with van der Waals surface area (Å²) in [5.74, 6) is 0. The van der Waals surface area contributed by atoms with Crippen molar-refractivity contribution in [2.24, 2.45) is 0 Å². The van der Waals surface area contributed by atoms with Gasteiger partial charge < -0.3 is 4.55 Å². The van der Waals surface area contributed by atoms with Crippen molar-refractivity contribution in [2.45, 2.75) is 4.90 Å². The van der Waals surface area contributed by atoms with Gasteiger partial charge in [0.15, 0.2) is 0 Å². The minimum atomic E-state index is -2.16. The zero-order chi connectivity index (χ0) is 9.26. The van der Waals surface area contributed by atoms with Crippen LogP contribution >= 0.6 is 0 Å². The summed E-state index contributed by atoms with van der Waals surface area (Å²) in [4.78, 5) is 4.37. The lowest BCUT2D eigenvalue weighted by Crippen LogP contribution is -1.88. The van der Waals surface area contributed by atoms with E-state index in [9.17, 15) is 8.76 Å². The predicted molar refractivity (Wildman–Crippen MR) is 48.9 cm³/mol. The molecule has 0 spiro atoms. The third kappa shape index (κ3) is 1.59. The number of hydrogen-bond donors (Lipinski definition) is 0. The Morgan fingerprint density at radius 3 is 2.92 bits per heavy atom. The van der Waals surface area contributed by atoms with E-state index in [1.54, 1.807) is 30.5 Å². The molecular weight excluding hydrogens is 186 g/mol. The average Bonchev–Trinajstić information content (AvgIpc) is 2.17. The van der Waals surface area contributed by atoms with Gasteiger partial charge in [0.2, 0.25) is 0 Å². The number of aromatic nitrogens is 1. The number of benzene rings is 1. The molecule has 0 N–H and O–H groups in total. The summed E-state index contributed by atoms with van der Waals surface area (Å²) in [5.41, 5.74) is 0.803. The number of pyridine rings is 1. The molecule has 66 valence electrons. The summed E-state index contributed by atoms with van der Waals surface area (Å²) in [6.07, 6.45) is 1.68. The molecule has 0 amide bonds. The highest BCUT2D eigenvalue weighted by Crippen LogP contribution is 2.14. The van der Waals surface area contributed by atoms with Gasteiger partial charge in [-0.3, -0.25) is 9.19 Å². The summed E-state index contributed by atoms with van der Waals surface area (Å²) in [7, 11) is 0. The molecule has 0 bridgehead atoms. The number of fused-ring (bicyclic) bond motifs is 1. The van der Waals surface area contributed by atoms with Gasteiger partial charge in [0.05, 0.1) is 5.52 Å². The van der Waals surface area contributed by atoms with Crippen LogP contribution < -0.4 is 0 Å². The Morgan fingerprint density at radius 2 is 2.15 bits per heavy atom. The van der Waals surface area contributed by atoms with E-state index in [-0.39, 0.29) is 0 Å². The van der Waals surface area contributed by atoms with Crippen molar-refractivity contribution in [1.82, 2.24) is 4.98 Å². The van der Waals surface area contributed by atoms with Crippen molar-refractivity contribution in [3.63, 3.8) is 0 Å². The van der Waals surface area contributed by atoms with Gasteiger partial charge in [-0.05, 0) is 35.3 Å². The van der Waals surface area contributed by atoms with Gasteiger partial charge in [0.1, 0.15) is 0 Å². The lowest BCUT2D eigenvalue weighted by molar-refractivity contribution is 0.537. The van der Waals surface area contributed by atoms with Crippen molar-refractivity contribution in [1.29, 1.82) is 0 Å². The minimum Gasteiger partial charge on any atom is -0.768 e. The molecule has 0 radical (unpaired) electrons. The highest BCUT2D eigenvalue weighted by Gasteiger charge is 1.95. The SMILES string of the molecule is O=S([O-])c1ccc2ncccc2c1. The molecule has 1 aromatic heterocycles. The molecule has 4 heteroatoms. The number of rotatable bonds is 1. The Hall–Kier alpha value is -1.26.